The number of amides is 3. The molecule has 1 N–H and O–H groups in total. The molecule has 0 aromatic heterocycles. The Hall–Kier alpha value is -3.15. The smallest absolute Gasteiger partial charge is 0.251 e. The van der Waals surface area contributed by atoms with Gasteiger partial charge in [0, 0.05) is 18.4 Å². The maximum atomic E-state index is 12.5. The molecule has 6 heteroatoms. The summed E-state index contributed by atoms with van der Waals surface area (Å²) in [5, 5.41) is 2.82. The van der Waals surface area contributed by atoms with Gasteiger partial charge in [0.1, 0.15) is 12.4 Å². The van der Waals surface area contributed by atoms with Gasteiger partial charge < -0.3 is 10.1 Å². The van der Waals surface area contributed by atoms with Crippen molar-refractivity contribution in [2.24, 2.45) is 0 Å². The molecule has 0 atom stereocenters. The molecule has 0 unspecified atom stereocenters. The van der Waals surface area contributed by atoms with Crippen molar-refractivity contribution in [1.29, 1.82) is 0 Å². The van der Waals surface area contributed by atoms with Crippen molar-refractivity contribution >= 4 is 23.4 Å². The molecule has 0 aliphatic carbocycles. The molecule has 2 aromatic carbocycles. The maximum Gasteiger partial charge on any atom is 0.251 e. The van der Waals surface area contributed by atoms with Crippen molar-refractivity contribution in [2.45, 2.75) is 39.5 Å². The van der Waals surface area contributed by atoms with E-state index in [0.717, 1.165) is 21.8 Å². The highest BCUT2D eigenvalue weighted by molar-refractivity contribution is 6.20. The first-order valence-corrected chi connectivity index (χ1v) is 9.84. The molecule has 3 amide bonds. The van der Waals surface area contributed by atoms with E-state index in [4.69, 9.17) is 4.74 Å². The van der Waals surface area contributed by atoms with E-state index in [1.807, 2.05) is 13.0 Å². The van der Waals surface area contributed by atoms with Gasteiger partial charge in [-0.1, -0.05) is 32.0 Å². The summed E-state index contributed by atoms with van der Waals surface area (Å²) in [6.07, 6.45) is 0.424. The first kappa shape index (κ1) is 20.6. The molecule has 6 nitrogen and oxygen atoms in total. The van der Waals surface area contributed by atoms with Gasteiger partial charge in [-0.2, -0.15) is 0 Å². The van der Waals surface area contributed by atoms with E-state index in [-0.39, 0.29) is 30.6 Å². The van der Waals surface area contributed by atoms with Crippen molar-refractivity contribution in [3.63, 3.8) is 0 Å². The van der Waals surface area contributed by atoms with Crippen molar-refractivity contribution in [3.05, 3.63) is 59.2 Å². The number of benzene rings is 2. The minimum absolute atomic E-state index is 0.212. The van der Waals surface area contributed by atoms with Crippen LogP contribution in [0.2, 0.25) is 0 Å². The number of ether oxygens (including phenoxy) is 1. The zero-order valence-electron chi connectivity index (χ0n) is 17.0. The van der Waals surface area contributed by atoms with Crippen molar-refractivity contribution in [2.75, 3.05) is 18.1 Å². The lowest BCUT2D eigenvalue weighted by atomic mass is 10.0. The van der Waals surface area contributed by atoms with E-state index < -0.39 is 0 Å². The van der Waals surface area contributed by atoms with Crippen LogP contribution in [0.25, 0.3) is 0 Å². The minimum atomic E-state index is -0.275. The number of carbonyl (C=O) groups is 3. The summed E-state index contributed by atoms with van der Waals surface area (Å²) in [6.45, 7) is 6.93. The van der Waals surface area contributed by atoms with Crippen LogP contribution in [0.5, 0.6) is 5.75 Å². The number of imide groups is 1. The third-order valence-electron chi connectivity index (χ3n) is 4.85. The molecule has 29 heavy (non-hydrogen) atoms. The molecule has 1 fully saturated rings. The molecule has 1 aliphatic heterocycles. The zero-order chi connectivity index (χ0) is 21.0. The normalized spacial score (nSPS) is 13.9. The summed E-state index contributed by atoms with van der Waals surface area (Å²) < 4.78 is 5.89. The van der Waals surface area contributed by atoms with E-state index in [1.165, 1.54) is 0 Å². The van der Waals surface area contributed by atoms with Gasteiger partial charge in [-0.15, -0.1) is 0 Å². The molecular formula is C23H26N2O4. The molecule has 152 valence electrons. The Kier molecular flexibility index (Phi) is 6.32. The van der Waals surface area contributed by atoms with Gasteiger partial charge in [0.05, 0.1) is 12.2 Å². The number of rotatable bonds is 7. The summed E-state index contributed by atoms with van der Waals surface area (Å²) >= 11 is 0. The lowest BCUT2D eigenvalue weighted by molar-refractivity contribution is -0.121. The summed E-state index contributed by atoms with van der Waals surface area (Å²) in [4.78, 5) is 37.4. The quantitative estimate of drug-likeness (QED) is 0.575. The van der Waals surface area contributed by atoms with Gasteiger partial charge in [0.2, 0.25) is 11.8 Å². The highest BCUT2D eigenvalue weighted by Gasteiger charge is 2.30. The molecule has 1 saturated heterocycles. The van der Waals surface area contributed by atoms with Gasteiger partial charge in [-0.25, -0.2) is 0 Å². The molecule has 0 radical (unpaired) electrons. The van der Waals surface area contributed by atoms with E-state index in [2.05, 4.69) is 31.3 Å². The predicted molar refractivity (Wildman–Crippen MR) is 111 cm³/mol. The summed E-state index contributed by atoms with van der Waals surface area (Å²) in [6, 6.07) is 12.7. The summed E-state index contributed by atoms with van der Waals surface area (Å²) in [7, 11) is 0. The molecule has 1 aliphatic rings. The Morgan fingerprint density at radius 1 is 1.10 bits per heavy atom. The number of nitrogens with one attached hydrogen (secondary N) is 1. The molecule has 0 spiro atoms. The highest BCUT2D eigenvalue weighted by atomic mass is 16.5. The third-order valence-corrected chi connectivity index (χ3v) is 4.85. The van der Waals surface area contributed by atoms with E-state index in [0.29, 0.717) is 30.3 Å². The molecular weight excluding hydrogens is 368 g/mol. The fourth-order valence-electron chi connectivity index (χ4n) is 3.32. The number of aryl methyl sites for hydroxylation is 1. The van der Waals surface area contributed by atoms with Gasteiger partial charge in [-0.3, -0.25) is 19.3 Å². The number of hydrogen-bond acceptors (Lipinski definition) is 4. The first-order valence-electron chi connectivity index (χ1n) is 9.84. The van der Waals surface area contributed by atoms with Crippen LogP contribution in [0.1, 0.15) is 54.1 Å². The van der Waals surface area contributed by atoms with Gasteiger partial charge >= 0.3 is 0 Å². The number of carbonyl (C=O) groups excluding carboxylic acids is 3. The van der Waals surface area contributed by atoms with Gasteiger partial charge in [0.15, 0.2) is 0 Å². The second-order valence-electron chi connectivity index (χ2n) is 7.47. The topological polar surface area (TPSA) is 75.7 Å². The molecule has 0 bridgehead atoms. The molecule has 2 aromatic rings. The molecule has 0 saturated carbocycles. The predicted octanol–water partition coefficient (Wildman–Crippen LogP) is 3.58. The Labute approximate surface area is 170 Å². The standard InChI is InChI=1S/C23H26N2O4/c1-15(2)19-8-7-16(3)13-20(19)29-12-11-24-23(28)17-5-4-6-18(14-17)25-21(26)9-10-22(25)27/h4-8,13-15H,9-12H2,1-3H3,(H,24,28). The monoisotopic (exact) mass is 394 g/mol. The first-order chi connectivity index (χ1) is 13.9. The average molecular weight is 394 g/mol. The van der Waals surface area contributed by atoms with E-state index in [1.54, 1.807) is 24.3 Å². The Balaban J connectivity index is 1.58. The second kappa shape index (κ2) is 8.90. The van der Waals surface area contributed by atoms with Gasteiger partial charge in [0.25, 0.3) is 5.91 Å². The molecule has 3 rings (SSSR count). The molecule has 1 heterocycles. The number of anilines is 1. The summed E-state index contributed by atoms with van der Waals surface area (Å²) in [5.74, 6) is 0.434. The fraction of sp³-hybridized carbons (Fsp3) is 0.348. The van der Waals surface area contributed by atoms with E-state index in [9.17, 15) is 14.4 Å². The Bertz CT molecular complexity index is 920. The average Bonchev–Trinajstić information content (AvgIpc) is 3.03. The van der Waals surface area contributed by atoms with Crippen molar-refractivity contribution < 1.29 is 19.1 Å². The van der Waals surface area contributed by atoms with Crippen LogP contribution in [0.4, 0.5) is 5.69 Å². The second-order valence-corrected chi connectivity index (χ2v) is 7.47. The lowest BCUT2D eigenvalue weighted by Gasteiger charge is -2.16. The van der Waals surface area contributed by atoms with Crippen LogP contribution in [0.15, 0.2) is 42.5 Å². The zero-order valence-corrected chi connectivity index (χ0v) is 17.0. The SMILES string of the molecule is Cc1ccc(C(C)C)c(OCCNC(=O)c2cccc(N3C(=O)CCC3=O)c2)c1. The highest BCUT2D eigenvalue weighted by Crippen LogP contribution is 2.27. The Morgan fingerprint density at radius 2 is 1.83 bits per heavy atom. The summed E-state index contributed by atoms with van der Waals surface area (Å²) in [5.41, 5.74) is 3.09. The Morgan fingerprint density at radius 3 is 2.52 bits per heavy atom. The van der Waals surface area contributed by atoms with Crippen LogP contribution in [-0.4, -0.2) is 30.9 Å². The van der Waals surface area contributed by atoms with Gasteiger partial charge in [-0.05, 0) is 48.2 Å². The van der Waals surface area contributed by atoms with Crippen LogP contribution in [0.3, 0.4) is 0 Å². The fourth-order valence-corrected chi connectivity index (χ4v) is 3.32. The largest absolute Gasteiger partial charge is 0.491 e. The van der Waals surface area contributed by atoms with Crippen LogP contribution in [0, 0.1) is 6.92 Å². The van der Waals surface area contributed by atoms with Crippen LogP contribution in [-0.2, 0) is 9.59 Å². The van der Waals surface area contributed by atoms with Crippen molar-refractivity contribution in [3.8, 4) is 5.75 Å². The van der Waals surface area contributed by atoms with Crippen molar-refractivity contribution in [1.82, 2.24) is 5.32 Å². The number of hydrogen-bond donors (Lipinski definition) is 1. The van der Waals surface area contributed by atoms with E-state index >= 15 is 0 Å². The minimum Gasteiger partial charge on any atom is -0.491 e. The maximum absolute atomic E-state index is 12.5. The van der Waals surface area contributed by atoms with Crippen LogP contribution >= 0.6 is 0 Å². The lowest BCUT2D eigenvalue weighted by Crippen LogP contribution is -2.30. The van der Waals surface area contributed by atoms with Crippen LogP contribution < -0.4 is 15.0 Å². The number of nitrogens with zero attached hydrogens (tertiary/aromatic N) is 1. The third kappa shape index (κ3) is 4.83.